The standard InChI is InChI=1S/C19H22N2O3/c22-13-15-4-3-11-21(12-15)19(23)16-6-8-18(9-7-16)24-14-17-5-1-2-10-20-17/h1-2,5-10,15,22H,3-4,11-14H2. The molecule has 0 saturated carbocycles. The van der Waals surface area contributed by atoms with Gasteiger partial charge in [0.15, 0.2) is 0 Å². The lowest BCUT2D eigenvalue weighted by molar-refractivity contribution is 0.0620. The quantitative estimate of drug-likeness (QED) is 0.917. The van der Waals surface area contributed by atoms with Crippen molar-refractivity contribution in [3.05, 3.63) is 59.9 Å². The molecule has 1 amide bonds. The van der Waals surface area contributed by atoms with E-state index in [1.54, 1.807) is 18.3 Å². The first-order valence-corrected chi connectivity index (χ1v) is 8.29. The highest BCUT2D eigenvalue weighted by atomic mass is 16.5. The number of nitrogens with zero attached hydrogens (tertiary/aromatic N) is 2. The van der Waals surface area contributed by atoms with E-state index in [2.05, 4.69) is 4.98 Å². The summed E-state index contributed by atoms with van der Waals surface area (Å²) in [5.41, 5.74) is 1.51. The van der Waals surface area contributed by atoms with Crippen molar-refractivity contribution in [2.45, 2.75) is 19.4 Å². The molecule has 3 rings (SSSR count). The van der Waals surface area contributed by atoms with Gasteiger partial charge in [-0.3, -0.25) is 9.78 Å². The number of pyridine rings is 1. The van der Waals surface area contributed by atoms with Gasteiger partial charge in [0.1, 0.15) is 12.4 Å². The molecule has 5 heteroatoms. The van der Waals surface area contributed by atoms with Crippen molar-refractivity contribution in [2.24, 2.45) is 5.92 Å². The summed E-state index contributed by atoms with van der Waals surface area (Å²) in [6.07, 6.45) is 3.67. The number of likely N-dealkylation sites (tertiary alicyclic amines) is 1. The molecule has 5 nitrogen and oxygen atoms in total. The van der Waals surface area contributed by atoms with Crippen molar-refractivity contribution in [3.8, 4) is 5.75 Å². The molecule has 1 aromatic carbocycles. The Morgan fingerprint density at radius 3 is 2.79 bits per heavy atom. The van der Waals surface area contributed by atoms with E-state index in [0.717, 1.165) is 25.1 Å². The molecule has 1 atom stereocenters. The fraction of sp³-hybridized carbons (Fsp3) is 0.368. The third-order valence-electron chi connectivity index (χ3n) is 4.28. The van der Waals surface area contributed by atoms with Gasteiger partial charge in [0.25, 0.3) is 5.91 Å². The van der Waals surface area contributed by atoms with Crippen LogP contribution < -0.4 is 4.74 Å². The van der Waals surface area contributed by atoms with Crippen LogP contribution in [0.25, 0.3) is 0 Å². The maximum absolute atomic E-state index is 12.5. The summed E-state index contributed by atoms with van der Waals surface area (Å²) < 4.78 is 5.69. The lowest BCUT2D eigenvalue weighted by Crippen LogP contribution is -2.40. The minimum atomic E-state index is 0.0180. The van der Waals surface area contributed by atoms with Gasteiger partial charge in [-0.05, 0) is 55.2 Å². The van der Waals surface area contributed by atoms with Crippen molar-refractivity contribution in [3.63, 3.8) is 0 Å². The van der Waals surface area contributed by atoms with Crippen molar-refractivity contribution < 1.29 is 14.6 Å². The Kier molecular flexibility index (Phi) is 5.43. The molecule has 0 radical (unpaired) electrons. The molecule has 1 N–H and O–H groups in total. The van der Waals surface area contributed by atoms with E-state index in [1.165, 1.54) is 0 Å². The van der Waals surface area contributed by atoms with E-state index in [9.17, 15) is 9.90 Å². The number of carbonyl (C=O) groups excluding carboxylic acids is 1. The fourth-order valence-corrected chi connectivity index (χ4v) is 2.92. The minimum Gasteiger partial charge on any atom is -0.487 e. The maximum atomic E-state index is 12.5. The van der Waals surface area contributed by atoms with Crippen LogP contribution in [-0.4, -0.2) is 40.6 Å². The molecule has 24 heavy (non-hydrogen) atoms. The molecule has 1 aromatic heterocycles. The van der Waals surface area contributed by atoms with Crippen LogP contribution in [0.3, 0.4) is 0 Å². The number of amides is 1. The van der Waals surface area contributed by atoms with Gasteiger partial charge in [-0.15, -0.1) is 0 Å². The van der Waals surface area contributed by atoms with Crippen LogP contribution in [0.2, 0.25) is 0 Å². The average Bonchev–Trinajstić information content (AvgIpc) is 2.67. The second-order valence-corrected chi connectivity index (χ2v) is 6.08. The van der Waals surface area contributed by atoms with Gasteiger partial charge >= 0.3 is 0 Å². The zero-order valence-electron chi connectivity index (χ0n) is 13.6. The van der Waals surface area contributed by atoms with E-state index in [1.807, 2.05) is 35.2 Å². The van der Waals surface area contributed by atoms with E-state index in [-0.39, 0.29) is 18.4 Å². The van der Waals surface area contributed by atoms with E-state index in [4.69, 9.17) is 4.74 Å². The number of ether oxygens (including phenoxy) is 1. The highest BCUT2D eigenvalue weighted by Gasteiger charge is 2.23. The van der Waals surface area contributed by atoms with Gasteiger partial charge in [0.05, 0.1) is 5.69 Å². The highest BCUT2D eigenvalue weighted by Crippen LogP contribution is 2.20. The Hall–Kier alpha value is -2.40. The number of hydrogen-bond acceptors (Lipinski definition) is 4. The molecule has 1 fully saturated rings. The van der Waals surface area contributed by atoms with Crippen LogP contribution >= 0.6 is 0 Å². The lowest BCUT2D eigenvalue weighted by atomic mass is 9.98. The normalized spacial score (nSPS) is 17.5. The second-order valence-electron chi connectivity index (χ2n) is 6.08. The lowest BCUT2D eigenvalue weighted by Gasteiger charge is -2.31. The fourth-order valence-electron chi connectivity index (χ4n) is 2.92. The minimum absolute atomic E-state index is 0.0180. The molecule has 2 aromatic rings. The number of aliphatic hydroxyl groups excluding tert-OH is 1. The Morgan fingerprint density at radius 2 is 2.08 bits per heavy atom. The van der Waals surface area contributed by atoms with Gasteiger partial charge < -0.3 is 14.7 Å². The largest absolute Gasteiger partial charge is 0.487 e. The third-order valence-corrected chi connectivity index (χ3v) is 4.28. The summed E-state index contributed by atoms with van der Waals surface area (Å²) in [7, 11) is 0. The van der Waals surface area contributed by atoms with Crippen LogP contribution in [0, 0.1) is 5.92 Å². The smallest absolute Gasteiger partial charge is 0.253 e. The zero-order valence-corrected chi connectivity index (χ0v) is 13.6. The molecule has 0 bridgehead atoms. The Balaban J connectivity index is 1.58. The summed E-state index contributed by atoms with van der Waals surface area (Å²) in [5, 5.41) is 9.29. The monoisotopic (exact) mass is 326 g/mol. The summed E-state index contributed by atoms with van der Waals surface area (Å²) in [6.45, 7) is 1.93. The molecular weight excluding hydrogens is 304 g/mol. The zero-order chi connectivity index (χ0) is 16.8. The number of rotatable bonds is 5. The van der Waals surface area contributed by atoms with Gasteiger partial charge in [-0.25, -0.2) is 0 Å². The van der Waals surface area contributed by atoms with Crippen molar-refractivity contribution >= 4 is 5.91 Å². The van der Waals surface area contributed by atoms with E-state index in [0.29, 0.717) is 24.5 Å². The van der Waals surface area contributed by atoms with Gasteiger partial charge in [-0.1, -0.05) is 6.07 Å². The van der Waals surface area contributed by atoms with Crippen LogP contribution in [0.1, 0.15) is 28.9 Å². The maximum Gasteiger partial charge on any atom is 0.253 e. The van der Waals surface area contributed by atoms with Gasteiger partial charge in [-0.2, -0.15) is 0 Å². The molecular formula is C19H22N2O3. The van der Waals surface area contributed by atoms with Crippen LogP contribution in [-0.2, 0) is 6.61 Å². The molecule has 1 unspecified atom stereocenters. The number of piperidine rings is 1. The van der Waals surface area contributed by atoms with E-state index < -0.39 is 0 Å². The predicted molar refractivity (Wildman–Crippen MR) is 90.7 cm³/mol. The molecule has 1 saturated heterocycles. The van der Waals surface area contributed by atoms with E-state index >= 15 is 0 Å². The summed E-state index contributed by atoms with van der Waals surface area (Å²) in [5.74, 6) is 0.928. The van der Waals surface area contributed by atoms with Gasteiger partial charge in [0, 0.05) is 31.5 Å². The first-order chi connectivity index (χ1) is 11.8. The highest BCUT2D eigenvalue weighted by molar-refractivity contribution is 5.94. The SMILES string of the molecule is O=C(c1ccc(OCc2ccccn2)cc1)N1CCCC(CO)C1. The van der Waals surface area contributed by atoms with Crippen molar-refractivity contribution in [1.82, 2.24) is 9.88 Å². The Morgan fingerprint density at radius 1 is 1.25 bits per heavy atom. The summed E-state index contributed by atoms with van der Waals surface area (Å²) in [6, 6.07) is 12.9. The van der Waals surface area contributed by atoms with Crippen molar-refractivity contribution in [1.29, 1.82) is 0 Å². The number of aliphatic hydroxyl groups is 1. The average molecular weight is 326 g/mol. The van der Waals surface area contributed by atoms with Crippen LogP contribution in [0.15, 0.2) is 48.7 Å². The Labute approximate surface area is 141 Å². The third kappa shape index (κ3) is 4.11. The first kappa shape index (κ1) is 16.5. The number of benzene rings is 1. The molecule has 126 valence electrons. The summed E-state index contributed by atoms with van der Waals surface area (Å²) in [4.78, 5) is 18.6. The Bertz CT molecular complexity index is 658. The number of aromatic nitrogens is 1. The van der Waals surface area contributed by atoms with Gasteiger partial charge in [0.2, 0.25) is 0 Å². The topological polar surface area (TPSA) is 62.7 Å². The molecule has 1 aliphatic rings. The van der Waals surface area contributed by atoms with Crippen LogP contribution in [0.5, 0.6) is 5.75 Å². The first-order valence-electron chi connectivity index (χ1n) is 8.29. The molecule has 0 spiro atoms. The van der Waals surface area contributed by atoms with Crippen LogP contribution in [0.4, 0.5) is 0 Å². The predicted octanol–water partition coefficient (Wildman–Crippen LogP) is 2.51. The molecule has 1 aliphatic heterocycles. The molecule has 0 aliphatic carbocycles. The van der Waals surface area contributed by atoms with Crippen molar-refractivity contribution in [2.75, 3.05) is 19.7 Å². The number of carbonyl (C=O) groups is 1. The molecule has 2 heterocycles. The summed E-state index contributed by atoms with van der Waals surface area (Å²) >= 11 is 0. The number of hydrogen-bond donors (Lipinski definition) is 1. The second kappa shape index (κ2) is 7.93.